The molecule has 6 nitrogen and oxygen atoms in total. The zero-order valence-corrected chi connectivity index (χ0v) is 19.1. The Bertz CT molecular complexity index is 1110. The lowest BCUT2D eigenvalue weighted by molar-refractivity contribution is -0.138. The molecule has 1 aliphatic carbocycles. The standard InChI is InChI=1S/C26H30N4O2/c1-17(2)25(32)29(21-13-14-21)16-24(31)28-26-27-23(20-9-5-18(3)6-10-20)15-30(26)22-11-7-19(4)8-12-22/h5-12,15,17,21H,13-14,16H2,1-4H3,(H,27,28,31). The van der Waals surface area contributed by atoms with E-state index in [4.69, 9.17) is 4.98 Å². The molecule has 0 atom stereocenters. The van der Waals surface area contributed by atoms with Gasteiger partial charge in [0.2, 0.25) is 17.8 Å². The summed E-state index contributed by atoms with van der Waals surface area (Å²) in [6, 6.07) is 16.4. The first-order chi connectivity index (χ1) is 15.3. The van der Waals surface area contributed by atoms with Crippen molar-refractivity contribution in [3.05, 3.63) is 65.9 Å². The Morgan fingerprint density at radius 3 is 2.19 bits per heavy atom. The molecular weight excluding hydrogens is 400 g/mol. The van der Waals surface area contributed by atoms with E-state index in [1.807, 2.05) is 87.0 Å². The highest BCUT2D eigenvalue weighted by Gasteiger charge is 2.34. The molecule has 0 bridgehead atoms. The summed E-state index contributed by atoms with van der Waals surface area (Å²) in [4.78, 5) is 32.0. The van der Waals surface area contributed by atoms with Gasteiger partial charge in [0.05, 0.1) is 5.69 Å². The molecule has 0 unspecified atom stereocenters. The van der Waals surface area contributed by atoms with E-state index in [1.54, 1.807) is 4.90 Å². The van der Waals surface area contributed by atoms with Gasteiger partial charge in [0.15, 0.2) is 0 Å². The van der Waals surface area contributed by atoms with Crippen LogP contribution in [0.1, 0.15) is 37.8 Å². The van der Waals surface area contributed by atoms with Crippen LogP contribution in [0.3, 0.4) is 0 Å². The predicted molar refractivity (Wildman–Crippen MR) is 127 cm³/mol. The molecule has 166 valence electrons. The number of hydrogen-bond acceptors (Lipinski definition) is 3. The highest BCUT2D eigenvalue weighted by Crippen LogP contribution is 2.29. The van der Waals surface area contributed by atoms with Gasteiger partial charge in [-0.1, -0.05) is 61.4 Å². The molecule has 1 heterocycles. The number of nitrogens with zero attached hydrogens (tertiary/aromatic N) is 3. The van der Waals surface area contributed by atoms with Crippen LogP contribution in [0, 0.1) is 19.8 Å². The van der Waals surface area contributed by atoms with Crippen molar-refractivity contribution >= 4 is 17.8 Å². The summed E-state index contributed by atoms with van der Waals surface area (Å²) in [7, 11) is 0. The number of amides is 2. The fraction of sp³-hybridized carbons (Fsp3) is 0.346. The second-order valence-electron chi connectivity index (χ2n) is 8.92. The molecule has 0 radical (unpaired) electrons. The minimum Gasteiger partial charge on any atom is -0.330 e. The van der Waals surface area contributed by atoms with Crippen LogP contribution in [0.15, 0.2) is 54.7 Å². The normalized spacial score (nSPS) is 13.3. The second kappa shape index (κ2) is 8.99. The highest BCUT2D eigenvalue weighted by molar-refractivity contribution is 5.94. The summed E-state index contributed by atoms with van der Waals surface area (Å²) in [5.41, 5.74) is 5.00. The first kappa shape index (κ1) is 21.8. The number of anilines is 1. The molecule has 1 aromatic heterocycles. The van der Waals surface area contributed by atoms with Crippen molar-refractivity contribution in [2.75, 3.05) is 11.9 Å². The second-order valence-corrected chi connectivity index (χ2v) is 8.92. The van der Waals surface area contributed by atoms with Crippen LogP contribution < -0.4 is 5.32 Å². The summed E-state index contributed by atoms with van der Waals surface area (Å²) in [6.07, 6.45) is 3.85. The van der Waals surface area contributed by atoms with Gasteiger partial charge in [-0.2, -0.15) is 0 Å². The summed E-state index contributed by atoms with van der Waals surface area (Å²) < 4.78 is 1.89. The molecule has 1 saturated carbocycles. The number of carbonyl (C=O) groups is 2. The van der Waals surface area contributed by atoms with Gasteiger partial charge in [0, 0.05) is 29.4 Å². The average Bonchev–Trinajstić information content (AvgIpc) is 3.53. The zero-order valence-electron chi connectivity index (χ0n) is 19.1. The quantitative estimate of drug-likeness (QED) is 0.589. The third-order valence-electron chi connectivity index (χ3n) is 5.70. The topological polar surface area (TPSA) is 67.2 Å². The van der Waals surface area contributed by atoms with E-state index in [0.717, 1.165) is 35.3 Å². The van der Waals surface area contributed by atoms with Crippen LogP contribution in [0.2, 0.25) is 0 Å². The zero-order chi connectivity index (χ0) is 22.8. The lowest BCUT2D eigenvalue weighted by Gasteiger charge is -2.23. The fourth-order valence-corrected chi connectivity index (χ4v) is 3.66. The summed E-state index contributed by atoms with van der Waals surface area (Å²) in [5, 5.41) is 2.95. The van der Waals surface area contributed by atoms with Gasteiger partial charge in [0.25, 0.3) is 0 Å². The van der Waals surface area contributed by atoms with Gasteiger partial charge in [0.1, 0.15) is 6.54 Å². The van der Waals surface area contributed by atoms with Crippen molar-refractivity contribution < 1.29 is 9.59 Å². The van der Waals surface area contributed by atoms with Crippen LogP contribution >= 0.6 is 0 Å². The third kappa shape index (κ3) is 4.90. The summed E-state index contributed by atoms with van der Waals surface area (Å²) >= 11 is 0. The smallest absolute Gasteiger partial charge is 0.246 e. The van der Waals surface area contributed by atoms with Gasteiger partial charge >= 0.3 is 0 Å². The molecular formula is C26H30N4O2. The number of imidazole rings is 1. The molecule has 3 aromatic rings. The van der Waals surface area contributed by atoms with E-state index < -0.39 is 0 Å². The maximum atomic E-state index is 13.0. The van der Waals surface area contributed by atoms with Crippen molar-refractivity contribution in [3.63, 3.8) is 0 Å². The van der Waals surface area contributed by atoms with E-state index in [2.05, 4.69) is 5.32 Å². The Morgan fingerprint density at radius 1 is 1.03 bits per heavy atom. The summed E-state index contributed by atoms with van der Waals surface area (Å²) in [5.74, 6) is 0.0958. The molecule has 2 aromatic carbocycles. The minimum atomic E-state index is -0.236. The van der Waals surface area contributed by atoms with Crippen molar-refractivity contribution in [1.82, 2.24) is 14.5 Å². The molecule has 1 fully saturated rings. The van der Waals surface area contributed by atoms with E-state index in [0.29, 0.717) is 5.95 Å². The number of carbonyl (C=O) groups excluding carboxylic acids is 2. The molecule has 0 aliphatic heterocycles. The Kier molecular flexibility index (Phi) is 6.12. The lowest BCUT2D eigenvalue weighted by atomic mass is 10.1. The van der Waals surface area contributed by atoms with Crippen LogP contribution in [-0.2, 0) is 9.59 Å². The first-order valence-corrected chi connectivity index (χ1v) is 11.2. The third-order valence-corrected chi connectivity index (χ3v) is 5.70. The predicted octanol–water partition coefficient (Wildman–Crippen LogP) is 4.74. The Labute approximate surface area is 189 Å². The lowest BCUT2D eigenvalue weighted by Crippen LogP contribution is -2.41. The first-order valence-electron chi connectivity index (χ1n) is 11.2. The maximum absolute atomic E-state index is 13.0. The average molecular weight is 431 g/mol. The molecule has 6 heteroatoms. The van der Waals surface area contributed by atoms with Crippen molar-refractivity contribution in [2.45, 2.75) is 46.6 Å². The van der Waals surface area contributed by atoms with Crippen LogP contribution in [0.25, 0.3) is 16.9 Å². The monoisotopic (exact) mass is 430 g/mol. The molecule has 1 aliphatic rings. The van der Waals surface area contributed by atoms with Crippen molar-refractivity contribution in [3.8, 4) is 16.9 Å². The maximum Gasteiger partial charge on any atom is 0.246 e. The van der Waals surface area contributed by atoms with Gasteiger partial charge in [-0.3, -0.25) is 19.5 Å². The van der Waals surface area contributed by atoms with Crippen LogP contribution in [0.4, 0.5) is 5.95 Å². The number of hydrogen-bond donors (Lipinski definition) is 1. The van der Waals surface area contributed by atoms with E-state index in [-0.39, 0.29) is 30.3 Å². The minimum absolute atomic E-state index is 0.0184. The van der Waals surface area contributed by atoms with E-state index in [1.165, 1.54) is 5.56 Å². The van der Waals surface area contributed by atoms with Gasteiger partial charge in [-0.05, 0) is 38.8 Å². The molecule has 1 N–H and O–H groups in total. The van der Waals surface area contributed by atoms with Crippen LogP contribution in [-0.4, -0.2) is 38.9 Å². The van der Waals surface area contributed by atoms with E-state index in [9.17, 15) is 9.59 Å². The number of aryl methyl sites for hydroxylation is 2. The van der Waals surface area contributed by atoms with Gasteiger partial charge in [-0.25, -0.2) is 4.98 Å². The van der Waals surface area contributed by atoms with Gasteiger partial charge < -0.3 is 4.90 Å². The molecule has 0 spiro atoms. The number of benzene rings is 2. The Balaban J connectivity index is 1.62. The number of nitrogens with one attached hydrogen (secondary N) is 1. The van der Waals surface area contributed by atoms with Crippen LogP contribution in [0.5, 0.6) is 0 Å². The SMILES string of the molecule is Cc1ccc(-c2cn(-c3ccc(C)cc3)c(NC(=O)CN(C(=O)C(C)C)C3CC3)n2)cc1. The Morgan fingerprint density at radius 2 is 1.62 bits per heavy atom. The largest absolute Gasteiger partial charge is 0.330 e. The number of rotatable bonds is 7. The summed E-state index contributed by atoms with van der Waals surface area (Å²) in [6.45, 7) is 7.87. The fourth-order valence-electron chi connectivity index (χ4n) is 3.66. The number of aromatic nitrogens is 2. The molecule has 2 amide bonds. The highest BCUT2D eigenvalue weighted by atomic mass is 16.2. The Hall–Kier alpha value is -3.41. The molecule has 0 saturated heterocycles. The molecule has 32 heavy (non-hydrogen) atoms. The van der Waals surface area contributed by atoms with E-state index >= 15 is 0 Å². The molecule has 4 rings (SSSR count). The van der Waals surface area contributed by atoms with Crippen molar-refractivity contribution in [2.24, 2.45) is 5.92 Å². The van der Waals surface area contributed by atoms with Crippen molar-refractivity contribution in [1.29, 1.82) is 0 Å². The van der Waals surface area contributed by atoms with Gasteiger partial charge in [-0.15, -0.1) is 0 Å².